The monoisotopic (exact) mass is 366 g/mol. The van der Waals surface area contributed by atoms with E-state index in [-0.39, 0.29) is 0 Å². The number of aliphatic imine (C=N–C) groups is 1. The van der Waals surface area contributed by atoms with Gasteiger partial charge >= 0.3 is 0 Å². The Morgan fingerprint density at radius 2 is 2.07 bits per heavy atom. The molecule has 0 bridgehead atoms. The molecule has 2 aliphatic carbocycles. The third kappa shape index (κ3) is 6.05. The molecule has 0 heterocycles. The number of allylic oxidation sites excluding steroid dienone is 1. The molecule has 4 heteroatoms. The van der Waals surface area contributed by atoms with Crippen LogP contribution in [-0.2, 0) is 6.54 Å². The number of nitrogens with two attached hydrogens (primary N) is 1. The van der Waals surface area contributed by atoms with Gasteiger partial charge in [-0.1, -0.05) is 36.4 Å². The van der Waals surface area contributed by atoms with E-state index in [1.807, 2.05) is 19.2 Å². The molecule has 1 aromatic rings. The second-order valence-corrected chi connectivity index (χ2v) is 8.08. The summed E-state index contributed by atoms with van der Waals surface area (Å²) in [5.74, 6) is 1.42. The molecule has 146 valence electrons. The zero-order valence-corrected chi connectivity index (χ0v) is 16.7. The van der Waals surface area contributed by atoms with E-state index in [4.69, 9.17) is 5.73 Å². The van der Waals surface area contributed by atoms with Crippen LogP contribution in [0.3, 0.4) is 0 Å². The number of benzene rings is 1. The first-order chi connectivity index (χ1) is 13.0. The Hall–Kier alpha value is -1.91. The molecule has 1 aromatic carbocycles. The van der Waals surface area contributed by atoms with E-state index >= 15 is 0 Å². The van der Waals surface area contributed by atoms with Crippen LogP contribution in [-0.4, -0.2) is 24.3 Å². The van der Waals surface area contributed by atoms with Crippen LogP contribution in [0.15, 0.2) is 53.3 Å². The van der Waals surface area contributed by atoms with E-state index in [9.17, 15) is 0 Å². The van der Waals surface area contributed by atoms with Gasteiger partial charge in [0.1, 0.15) is 5.82 Å². The van der Waals surface area contributed by atoms with Gasteiger partial charge in [0, 0.05) is 36.8 Å². The van der Waals surface area contributed by atoms with Gasteiger partial charge in [0.05, 0.1) is 0 Å². The first-order valence-corrected chi connectivity index (χ1v) is 10.3. The molecule has 0 radical (unpaired) electrons. The average Bonchev–Trinajstić information content (AvgIpc) is 3.43. The Kier molecular flexibility index (Phi) is 6.86. The Bertz CT molecular complexity index is 698. The van der Waals surface area contributed by atoms with Crippen molar-refractivity contribution in [2.45, 2.75) is 70.6 Å². The molecule has 2 aliphatic rings. The van der Waals surface area contributed by atoms with Crippen LogP contribution in [0.1, 0.15) is 50.2 Å². The molecule has 4 N–H and O–H groups in total. The number of rotatable bonds is 8. The van der Waals surface area contributed by atoms with Crippen molar-refractivity contribution in [1.82, 2.24) is 10.6 Å². The molecule has 0 spiro atoms. The Morgan fingerprint density at radius 1 is 1.30 bits per heavy atom. The smallest absolute Gasteiger partial charge is 0.121 e. The molecular weight excluding hydrogens is 332 g/mol. The molecular formula is C23H34N4. The number of nitrogens with zero attached hydrogens (tertiary/aromatic N) is 1. The molecule has 0 amide bonds. The maximum Gasteiger partial charge on any atom is 0.121 e. The highest BCUT2D eigenvalue weighted by atomic mass is 15.0. The normalized spacial score (nSPS) is 28.3. The van der Waals surface area contributed by atoms with Crippen LogP contribution in [0.5, 0.6) is 0 Å². The van der Waals surface area contributed by atoms with Gasteiger partial charge in [-0.05, 0) is 63.2 Å². The van der Waals surface area contributed by atoms with Crippen LogP contribution in [0.25, 0.3) is 0 Å². The minimum Gasteiger partial charge on any atom is -0.366 e. The summed E-state index contributed by atoms with van der Waals surface area (Å²) >= 11 is 0. The van der Waals surface area contributed by atoms with Crippen LogP contribution in [0, 0.1) is 12.8 Å². The Balaban J connectivity index is 1.42. The molecule has 0 aliphatic heterocycles. The van der Waals surface area contributed by atoms with Crippen LogP contribution < -0.4 is 16.4 Å². The minimum absolute atomic E-state index is 0.409. The van der Waals surface area contributed by atoms with E-state index in [2.05, 4.69) is 53.4 Å². The highest BCUT2D eigenvalue weighted by Crippen LogP contribution is 2.37. The summed E-state index contributed by atoms with van der Waals surface area (Å²) in [4.78, 5) is 4.61. The number of aryl methyl sites for hydroxylation is 1. The first kappa shape index (κ1) is 19.8. The van der Waals surface area contributed by atoms with Crippen molar-refractivity contribution in [3.05, 3.63) is 59.4 Å². The Labute approximate surface area is 164 Å². The lowest BCUT2D eigenvalue weighted by molar-refractivity contribution is 0.339. The van der Waals surface area contributed by atoms with Crippen molar-refractivity contribution in [2.24, 2.45) is 16.6 Å². The van der Waals surface area contributed by atoms with Crippen molar-refractivity contribution in [3.63, 3.8) is 0 Å². The summed E-state index contributed by atoms with van der Waals surface area (Å²) in [6.45, 7) is 9.15. The van der Waals surface area contributed by atoms with Gasteiger partial charge in [0.25, 0.3) is 0 Å². The second-order valence-electron chi connectivity index (χ2n) is 8.08. The standard InChI is InChI=1S/C23H34N4/c1-4-23(26-15-18-7-5-6-16(2)12-18)25-14-17(3)21-13-22(21)27-20-10-8-19(24)9-11-20/h4-7,12,14,19-22,26-27H,3,8-11,13,15,24H2,1-2H3/b23-4+,25-14-/t19?,20?,21-,22+/m1/s1. The van der Waals surface area contributed by atoms with Gasteiger partial charge in [0.2, 0.25) is 0 Å². The fourth-order valence-corrected chi connectivity index (χ4v) is 3.86. The molecule has 0 unspecified atom stereocenters. The molecule has 27 heavy (non-hydrogen) atoms. The number of hydrogen-bond acceptors (Lipinski definition) is 4. The van der Waals surface area contributed by atoms with Gasteiger partial charge in [-0.2, -0.15) is 0 Å². The average molecular weight is 367 g/mol. The SMILES string of the molecule is C=C(/C=N\C(=C/C)NCc1cccc(C)c1)[C@H]1C[C@@H]1NC1CCC(N)CC1. The van der Waals surface area contributed by atoms with Crippen LogP contribution in [0.4, 0.5) is 0 Å². The fraction of sp³-hybridized carbons (Fsp3) is 0.522. The number of nitrogens with one attached hydrogen (secondary N) is 2. The summed E-state index contributed by atoms with van der Waals surface area (Å²) in [5, 5.41) is 7.19. The lowest BCUT2D eigenvalue weighted by Crippen LogP contribution is -2.39. The topological polar surface area (TPSA) is 62.4 Å². The highest BCUT2D eigenvalue weighted by molar-refractivity contribution is 5.80. The van der Waals surface area contributed by atoms with E-state index in [0.717, 1.165) is 30.8 Å². The number of hydrogen-bond donors (Lipinski definition) is 3. The van der Waals surface area contributed by atoms with Gasteiger partial charge in [-0.25, -0.2) is 4.99 Å². The molecule has 4 nitrogen and oxygen atoms in total. The van der Waals surface area contributed by atoms with Crippen molar-refractivity contribution in [1.29, 1.82) is 0 Å². The maximum atomic E-state index is 6.00. The van der Waals surface area contributed by atoms with Gasteiger partial charge < -0.3 is 16.4 Å². The van der Waals surface area contributed by atoms with Gasteiger partial charge in [-0.15, -0.1) is 0 Å². The van der Waals surface area contributed by atoms with E-state index in [1.54, 1.807) is 0 Å². The Morgan fingerprint density at radius 3 is 2.78 bits per heavy atom. The van der Waals surface area contributed by atoms with E-state index < -0.39 is 0 Å². The van der Waals surface area contributed by atoms with Gasteiger partial charge in [-0.3, -0.25) is 0 Å². The third-order valence-corrected chi connectivity index (χ3v) is 5.69. The highest BCUT2D eigenvalue weighted by Gasteiger charge is 2.40. The predicted octanol–water partition coefficient (Wildman–Crippen LogP) is 3.82. The van der Waals surface area contributed by atoms with Crippen LogP contribution >= 0.6 is 0 Å². The summed E-state index contributed by atoms with van der Waals surface area (Å²) < 4.78 is 0. The molecule has 0 saturated heterocycles. The van der Waals surface area contributed by atoms with Gasteiger partial charge in [0.15, 0.2) is 0 Å². The van der Waals surface area contributed by atoms with Crippen LogP contribution in [0.2, 0.25) is 0 Å². The van der Waals surface area contributed by atoms with Crippen molar-refractivity contribution in [2.75, 3.05) is 0 Å². The van der Waals surface area contributed by atoms with Crippen molar-refractivity contribution in [3.8, 4) is 0 Å². The largest absolute Gasteiger partial charge is 0.366 e. The second kappa shape index (κ2) is 9.34. The molecule has 2 saturated carbocycles. The molecule has 2 atom stereocenters. The molecule has 3 rings (SSSR count). The van der Waals surface area contributed by atoms with Crippen molar-refractivity contribution < 1.29 is 0 Å². The zero-order valence-electron chi connectivity index (χ0n) is 16.7. The zero-order chi connectivity index (χ0) is 19.2. The van der Waals surface area contributed by atoms with E-state index in [1.165, 1.54) is 30.4 Å². The third-order valence-electron chi connectivity index (χ3n) is 5.69. The lowest BCUT2D eigenvalue weighted by Gasteiger charge is -2.27. The van der Waals surface area contributed by atoms with E-state index in [0.29, 0.717) is 24.0 Å². The molecule has 2 fully saturated rings. The summed E-state index contributed by atoms with van der Waals surface area (Å²) in [6.07, 6.45) is 9.82. The van der Waals surface area contributed by atoms with Crippen molar-refractivity contribution >= 4 is 6.21 Å². The summed E-state index contributed by atoms with van der Waals surface area (Å²) in [7, 11) is 0. The lowest BCUT2D eigenvalue weighted by atomic mass is 9.92. The summed E-state index contributed by atoms with van der Waals surface area (Å²) in [5.41, 5.74) is 9.66. The maximum absolute atomic E-state index is 6.00. The fourth-order valence-electron chi connectivity index (χ4n) is 3.86. The minimum atomic E-state index is 0.409. The quantitative estimate of drug-likeness (QED) is 0.613. The predicted molar refractivity (Wildman–Crippen MR) is 115 cm³/mol. The molecule has 0 aromatic heterocycles. The first-order valence-electron chi connectivity index (χ1n) is 10.3. The summed E-state index contributed by atoms with van der Waals surface area (Å²) in [6, 6.07) is 10.1.